The van der Waals surface area contributed by atoms with E-state index in [1.165, 1.54) is 89.9 Å². The average Bonchev–Trinajstić information content (AvgIpc) is 3.01. The number of carbonyl (C=O) groups excluding carboxylic acids is 2. The van der Waals surface area contributed by atoms with Crippen LogP contribution in [0.5, 0.6) is 0 Å². The SMILES string of the molecule is CCCCCCC(O)CCCCCCCCCCC(=O)OCCOC(=O)CCCCCCCCCCC(O)CCCCCC. The van der Waals surface area contributed by atoms with Gasteiger partial charge in [0.15, 0.2) is 0 Å². The summed E-state index contributed by atoms with van der Waals surface area (Å²) in [6.07, 6.45) is 32.4. The normalized spacial score (nSPS) is 12.7. The Balaban J connectivity index is 3.35. The summed E-state index contributed by atoms with van der Waals surface area (Å²) >= 11 is 0. The molecule has 0 aromatic heterocycles. The van der Waals surface area contributed by atoms with Crippen molar-refractivity contribution in [2.75, 3.05) is 13.2 Å². The number of hydrogen-bond donors (Lipinski definition) is 2. The molecule has 6 nitrogen and oxygen atoms in total. The molecule has 2 N–H and O–H groups in total. The van der Waals surface area contributed by atoms with Gasteiger partial charge in [-0.15, -0.1) is 0 Å². The fraction of sp³-hybridized carbons (Fsp3) is 0.947. The molecule has 44 heavy (non-hydrogen) atoms. The molecule has 0 saturated heterocycles. The molecule has 0 rings (SSSR count). The van der Waals surface area contributed by atoms with Crippen molar-refractivity contribution in [1.29, 1.82) is 0 Å². The van der Waals surface area contributed by atoms with Gasteiger partial charge in [0.1, 0.15) is 13.2 Å². The zero-order valence-electron chi connectivity index (χ0n) is 29.3. The van der Waals surface area contributed by atoms with Crippen LogP contribution in [0.4, 0.5) is 0 Å². The number of carbonyl (C=O) groups is 2. The minimum Gasteiger partial charge on any atom is -0.462 e. The van der Waals surface area contributed by atoms with Crippen LogP contribution in [0.1, 0.15) is 206 Å². The zero-order valence-corrected chi connectivity index (χ0v) is 29.3. The summed E-state index contributed by atoms with van der Waals surface area (Å²) in [5.74, 6) is -0.402. The number of esters is 2. The van der Waals surface area contributed by atoms with Gasteiger partial charge in [0.05, 0.1) is 12.2 Å². The van der Waals surface area contributed by atoms with Gasteiger partial charge in [-0.25, -0.2) is 0 Å². The predicted octanol–water partition coefficient (Wildman–Crippen LogP) is 10.5. The van der Waals surface area contributed by atoms with Crippen molar-refractivity contribution in [3.8, 4) is 0 Å². The van der Waals surface area contributed by atoms with E-state index in [0.717, 1.165) is 89.9 Å². The Morgan fingerprint density at radius 3 is 0.955 bits per heavy atom. The molecule has 0 aromatic carbocycles. The monoisotopic (exact) mass is 627 g/mol. The molecule has 0 aliphatic heterocycles. The van der Waals surface area contributed by atoms with Crippen LogP contribution in [-0.4, -0.2) is 47.6 Å². The van der Waals surface area contributed by atoms with E-state index in [4.69, 9.17) is 9.47 Å². The van der Waals surface area contributed by atoms with Crippen molar-refractivity contribution >= 4 is 11.9 Å². The summed E-state index contributed by atoms with van der Waals surface area (Å²) in [5, 5.41) is 20.1. The highest BCUT2D eigenvalue weighted by Crippen LogP contribution is 2.16. The van der Waals surface area contributed by atoms with Gasteiger partial charge in [0, 0.05) is 12.8 Å². The number of hydrogen-bond acceptors (Lipinski definition) is 6. The number of aliphatic hydroxyl groups excluding tert-OH is 2. The predicted molar refractivity (Wildman–Crippen MR) is 184 cm³/mol. The van der Waals surface area contributed by atoms with E-state index in [1.54, 1.807) is 0 Å². The molecule has 0 aliphatic carbocycles. The van der Waals surface area contributed by atoms with E-state index in [9.17, 15) is 19.8 Å². The third kappa shape index (κ3) is 33.7. The molecule has 0 fully saturated rings. The maximum Gasteiger partial charge on any atom is 0.305 e. The number of aliphatic hydroxyl groups is 2. The van der Waals surface area contributed by atoms with Gasteiger partial charge in [0.25, 0.3) is 0 Å². The zero-order chi connectivity index (χ0) is 32.4. The summed E-state index contributed by atoms with van der Waals surface area (Å²) in [4.78, 5) is 23.8. The minimum absolute atomic E-state index is 0.110. The topological polar surface area (TPSA) is 93.1 Å². The lowest BCUT2D eigenvalue weighted by Crippen LogP contribution is -2.13. The number of ether oxygens (including phenoxy) is 2. The Morgan fingerprint density at radius 2 is 0.659 bits per heavy atom. The Labute approximate surface area is 272 Å². The molecule has 0 bridgehead atoms. The minimum atomic E-state index is -0.201. The first-order chi connectivity index (χ1) is 21.5. The Morgan fingerprint density at radius 1 is 0.409 bits per heavy atom. The van der Waals surface area contributed by atoms with E-state index in [1.807, 2.05) is 0 Å². The standard InChI is InChI=1S/C38H74O6/c1-3-5-7-21-27-35(39)29-23-17-13-9-11-15-19-25-31-37(41)43-33-34-44-38(42)32-26-20-16-12-10-14-18-24-30-36(40)28-22-8-6-4-2/h35-36,39-40H,3-34H2,1-2H3. The van der Waals surface area contributed by atoms with E-state index in [2.05, 4.69) is 13.8 Å². The maximum atomic E-state index is 11.9. The highest BCUT2D eigenvalue weighted by Gasteiger charge is 2.07. The van der Waals surface area contributed by atoms with Crippen LogP contribution in [0.25, 0.3) is 0 Å². The van der Waals surface area contributed by atoms with E-state index < -0.39 is 0 Å². The van der Waals surface area contributed by atoms with Crippen molar-refractivity contribution in [3.05, 3.63) is 0 Å². The van der Waals surface area contributed by atoms with Crippen molar-refractivity contribution in [2.45, 2.75) is 219 Å². The van der Waals surface area contributed by atoms with Crippen molar-refractivity contribution in [3.63, 3.8) is 0 Å². The van der Waals surface area contributed by atoms with Gasteiger partial charge >= 0.3 is 11.9 Å². The van der Waals surface area contributed by atoms with Crippen molar-refractivity contribution in [1.82, 2.24) is 0 Å². The molecule has 2 atom stereocenters. The van der Waals surface area contributed by atoms with E-state index in [-0.39, 0.29) is 37.4 Å². The van der Waals surface area contributed by atoms with Crippen LogP contribution in [-0.2, 0) is 19.1 Å². The van der Waals surface area contributed by atoms with Crippen LogP contribution in [0.15, 0.2) is 0 Å². The van der Waals surface area contributed by atoms with Crippen LogP contribution in [0, 0.1) is 0 Å². The molecule has 2 unspecified atom stereocenters. The second-order valence-electron chi connectivity index (χ2n) is 13.2. The Hall–Kier alpha value is -1.14. The molecular formula is C38H74O6. The van der Waals surface area contributed by atoms with Crippen LogP contribution >= 0.6 is 0 Å². The first-order valence-electron chi connectivity index (χ1n) is 19.2. The number of rotatable bonds is 35. The average molecular weight is 627 g/mol. The van der Waals surface area contributed by atoms with Gasteiger partial charge in [-0.1, -0.05) is 155 Å². The molecule has 0 aromatic rings. The molecular weight excluding hydrogens is 552 g/mol. The van der Waals surface area contributed by atoms with Crippen molar-refractivity contribution in [2.24, 2.45) is 0 Å². The highest BCUT2D eigenvalue weighted by atomic mass is 16.6. The fourth-order valence-electron chi connectivity index (χ4n) is 5.78. The summed E-state index contributed by atoms with van der Waals surface area (Å²) < 4.78 is 10.4. The Kier molecular flexibility index (Phi) is 33.8. The molecule has 0 radical (unpaired) electrons. The third-order valence-electron chi connectivity index (χ3n) is 8.73. The highest BCUT2D eigenvalue weighted by molar-refractivity contribution is 5.70. The van der Waals surface area contributed by atoms with Gasteiger partial charge in [0.2, 0.25) is 0 Å². The van der Waals surface area contributed by atoms with E-state index in [0.29, 0.717) is 12.8 Å². The molecule has 0 spiro atoms. The lowest BCUT2D eigenvalue weighted by molar-refractivity contribution is -0.152. The summed E-state index contributed by atoms with van der Waals surface area (Å²) in [6, 6.07) is 0. The van der Waals surface area contributed by atoms with Gasteiger partial charge in [-0.3, -0.25) is 9.59 Å². The summed E-state index contributed by atoms with van der Waals surface area (Å²) in [5.41, 5.74) is 0. The molecule has 0 aliphatic rings. The first-order valence-corrected chi connectivity index (χ1v) is 19.2. The molecule has 6 heteroatoms. The summed E-state index contributed by atoms with van der Waals surface area (Å²) in [7, 11) is 0. The molecule has 0 saturated carbocycles. The van der Waals surface area contributed by atoms with Crippen LogP contribution < -0.4 is 0 Å². The lowest BCUT2D eigenvalue weighted by Gasteiger charge is -2.10. The van der Waals surface area contributed by atoms with Crippen LogP contribution in [0.3, 0.4) is 0 Å². The largest absolute Gasteiger partial charge is 0.462 e. The van der Waals surface area contributed by atoms with Gasteiger partial charge < -0.3 is 19.7 Å². The molecule has 262 valence electrons. The fourth-order valence-corrected chi connectivity index (χ4v) is 5.78. The Bertz CT molecular complexity index is 558. The van der Waals surface area contributed by atoms with Gasteiger partial charge in [-0.05, 0) is 38.5 Å². The van der Waals surface area contributed by atoms with E-state index >= 15 is 0 Å². The maximum absolute atomic E-state index is 11.9. The van der Waals surface area contributed by atoms with Crippen LogP contribution in [0.2, 0.25) is 0 Å². The second-order valence-corrected chi connectivity index (χ2v) is 13.2. The summed E-state index contributed by atoms with van der Waals surface area (Å²) in [6.45, 7) is 4.72. The molecule has 0 heterocycles. The number of unbranched alkanes of at least 4 members (excludes halogenated alkanes) is 20. The first kappa shape index (κ1) is 42.9. The van der Waals surface area contributed by atoms with Gasteiger partial charge in [-0.2, -0.15) is 0 Å². The molecule has 0 amide bonds. The lowest BCUT2D eigenvalue weighted by atomic mass is 10.0. The second kappa shape index (κ2) is 34.7. The smallest absolute Gasteiger partial charge is 0.305 e. The van der Waals surface area contributed by atoms with Crippen molar-refractivity contribution < 1.29 is 29.3 Å². The third-order valence-corrected chi connectivity index (χ3v) is 8.73. The quantitative estimate of drug-likeness (QED) is 0.0537.